The van der Waals surface area contributed by atoms with Crippen molar-refractivity contribution in [2.45, 2.75) is 24.9 Å². The normalized spacial score (nSPS) is 19.3. The minimum atomic E-state index is 0. The summed E-state index contributed by atoms with van der Waals surface area (Å²) in [5.41, 5.74) is 2.23. The topological polar surface area (TPSA) is 66.6 Å². The molecule has 1 aliphatic rings. The summed E-state index contributed by atoms with van der Waals surface area (Å²) in [6.07, 6.45) is 3.10. The van der Waals surface area contributed by atoms with Crippen molar-refractivity contribution in [3.05, 3.63) is 66.1 Å². The molecule has 7 heteroatoms. The molecule has 2 aromatic heterocycles. The first-order valence-electron chi connectivity index (χ1n) is 8.16. The zero-order valence-corrected chi connectivity index (χ0v) is 16.3. The van der Waals surface area contributed by atoms with Gasteiger partial charge in [-0.25, -0.2) is 0 Å². The van der Waals surface area contributed by atoms with Gasteiger partial charge in [-0.05, 0) is 24.1 Å². The Morgan fingerprint density at radius 1 is 1.16 bits per heavy atom. The summed E-state index contributed by atoms with van der Waals surface area (Å²) >= 11 is 0. The Labute approximate surface area is 163 Å². The van der Waals surface area contributed by atoms with E-state index in [1.807, 2.05) is 28.8 Å². The molecule has 4 rings (SSSR count). The highest BCUT2D eigenvalue weighted by molar-refractivity contribution is 14.0. The highest BCUT2D eigenvalue weighted by Crippen LogP contribution is 2.40. The molecule has 2 N–H and O–H groups in total. The van der Waals surface area contributed by atoms with Crippen LogP contribution in [0.25, 0.3) is 5.65 Å². The van der Waals surface area contributed by atoms with Gasteiger partial charge in [-0.3, -0.25) is 9.39 Å². The van der Waals surface area contributed by atoms with E-state index in [1.165, 1.54) is 5.56 Å². The summed E-state index contributed by atoms with van der Waals surface area (Å²) < 4.78 is 1.98. The van der Waals surface area contributed by atoms with Crippen LogP contribution in [-0.2, 0) is 6.54 Å². The van der Waals surface area contributed by atoms with Crippen LogP contribution in [0.4, 0.5) is 0 Å². The Bertz CT molecular complexity index is 860. The summed E-state index contributed by atoms with van der Waals surface area (Å²) in [6.45, 7) is 0.577. The Kier molecular flexibility index (Phi) is 5.52. The largest absolute Gasteiger partial charge is 0.353 e. The van der Waals surface area contributed by atoms with Gasteiger partial charge >= 0.3 is 0 Å². The highest BCUT2D eigenvalue weighted by atomic mass is 127. The van der Waals surface area contributed by atoms with E-state index in [9.17, 15) is 0 Å². The molecule has 0 saturated heterocycles. The third kappa shape index (κ3) is 3.92. The van der Waals surface area contributed by atoms with Gasteiger partial charge < -0.3 is 10.6 Å². The minimum absolute atomic E-state index is 0. The second-order valence-corrected chi connectivity index (χ2v) is 5.97. The number of hydrogen-bond acceptors (Lipinski definition) is 3. The first-order chi connectivity index (χ1) is 11.8. The van der Waals surface area contributed by atoms with Crippen molar-refractivity contribution in [2.75, 3.05) is 7.05 Å². The third-order valence-corrected chi connectivity index (χ3v) is 4.36. The molecule has 3 aromatic rings. The lowest BCUT2D eigenvalue weighted by atomic mass is 10.1. The SMILES string of the molecule is CN=C(NCc1nnc2ccccn12)NC1CC1c1ccccc1.I. The maximum atomic E-state index is 4.31. The number of rotatable bonds is 4. The van der Waals surface area contributed by atoms with Crippen LogP contribution in [-0.4, -0.2) is 33.6 Å². The Morgan fingerprint density at radius 2 is 1.96 bits per heavy atom. The van der Waals surface area contributed by atoms with Gasteiger partial charge in [0.15, 0.2) is 17.4 Å². The number of nitrogens with one attached hydrogen (secondary N) is 2. The number of nitrogens with zero attached hydrogens (tertiary/aromatic N) is 4. The number of guanidine groups is 1. The van der Waals surface area contributed by atoms with Gasteiger partial charge in [0.05, 0.1) is 6.54 Å². The molecule has 1 saturated carbocycles. The first-order valence-corrected chi connectivity index (χ1v) is 8.16. The number of aliphatic imine (C=N–C) groups is 1. The standard InChI is InChI=1S/C18H20N6.HI/c1-19-18(21-15-11-14(15)13-7-3-2-4-8-13)20-12-17-23-22-16-9-5-6-10-24(16)17;/h2-10,14-15H,11-12H2,1H3,(H2,19,20,21);1H. The molecule has 0 amide bonds. The number of aromatic nitrogens is 3. The van der Waals surface area contributed by atoms with E-state index in [1.54, 1.807) is 7.05 Å². The maximum Gasteiger partial charge on any atom is 0.191 e. The summed E-state index contributed by atoms with van der Waals surface area (Å²) in [6, 6.07) is 16.9. The van der Waals surface area contributed by atoms with Crippen LogP contribution < -0.4 is 10.6 Å². The van der Waals surface area contributed by atoms with Crippen molar-refractivity contribution in [1.29, 1.82) is 0 Å². The average Bonchev–Trinajstić information content (AvgIpc) is 3.29. The molecule has 2 atom stereocenters. The number of pyridine rings is 1. The van der Waals surface area contributed by atoms with Crippen molar-refractivity contribution in [3.8, 4) is 0 Å². The molecule has 0 aliphatic heterocycles. The third-order valence-electron chi connectivity index (χ3n) is 4.36. The minimum Gasteiger partial charge on any atom is -0.353 e. The maximum absolute atomic E-state index is 4.31. The van der Waals surface area contributed by atoms with Gasteiger partial charge in [0.25, 0.3) is 0 Å². The predicted molar refractivity (Wildman–Crippen MR) is 109 cm³/mol. The number of fused-ring (bicyclic) bond motifs is 1. The van der Waals surface area contributed by atoms with Gasteiger partial charge in [0.1, 0.15) is 0 Å². The molecule has 6 nitrogen and oxygen atoms in total. The van der Waals surface area contributed by atoms with Crippen LogP contribution in [0.1, 0.15) is 23.7 Å². The van der Waals surface area contributed by atoms with E-state index in [2.05, 4.69) is 56.2 Å². The summed E-state index contributed by atoms with van der Waals surface area (Å²) in [5.74, 6) is 2.23. The highest BCUT2D eigenvalue weighted by Gasteiger charge is 2.38. The second-order valence-electron chi connectivity index (χ2n) is 5.97. The fourth-order valence-electron chi connectivity index (χ4n) is 2.97. The first kappa shape index (κ1) is 17.7. The molecule has 1 aliphatic carbocycles. The van der Waals surface area contributed by atoms with Gasteiger partial charge in [-0.15, -0.1) is 34.2 Å². The summed E-state index contributed by atoms with van der Waals surface area (Å²) in [5, 5.41) is 15.2. The van der Waals surface area contributed by atoms with E-state index >= 15 is 0 Å². The molecule has 130 valence electrons. The van der Waals surface area contributed by atoms with Crippen LogP contribution in [0.5, 0.6) is 0 Å². The van der Waals surface area contributed by atoms with E-state index in [0.29, 0.717) is 18.5 Å². The van der Waals surface area contributed by atoms with Gasteiger partial charge in [-0.2, -0.15) is 0 Å². The monoisotopic (exact) mass is 448 g/mol. The Hall–Kier alpha value is -2.16. The number of halogens is 1. The molecule has 1 fully saturated rings. The van der Waals surface area contributed by atoms with Crippen LogP contribution >= 0.6 is 24.0 Å². The van der Waals surface area contributed by atoms with Crippen LogP contribution in [0.3, 0.4) is 0 Å². The fraction of sp³-hybridized carbons (Fsp3) is 0.278. The lowest BCUT2D eigenvalue weighted by Gasteiger charge is -2.11. The molecule has 2 heterocycles. The quantitative estimate of drug-likeness (QED) is 0.366. The van der Waals surface area contributed by atoms with Gasteiger partial charge in [0, 0.05) is 25.2 Å². The van der Waals surface area contributed by atoms with Gasteiger partial charge in [-0.1, -0.05) is 36.4 Å². The van der Waals surface area contributed by atoms with Crippen molar-refractivity contribution in [3.63, 3.8) is 0 Å². The zero-order chi connectivity index (χ0) is 16.4. The van der Waals surface area contributed by atoms with Crippen LogP contribution in [0.2, 0.25) is 0 Å². The Morgan fingerprint density at radius 3 is 2.76 bits per heavy atom. The average molecular weight is 448 g/mol. The van der Waals surface area contributed by atoms with E-state index in [4.69, 9.17) is 0 Å². The summed E-state index contributed by atoms with van der Waals surface area (Å²) in [4.78, 5) is 4.31. The van der Waals surface area contributed by atoms with Crippen molar-refractivity contribution >= 4 is 35.6 Å². The number of hydrogen-bond donors (Lipinski definition) is 2. The van der Waals surface area contributed by atoms with E-state index < -0.39 is 0 Å². The Balaban J connectivity index is 0.00000182. The molecule has 0 bridgehead atoms. The van der Waals surface area contributed by atoms with Crippen LogP contribution in [0, 0.1) is 0 Å². The zero-order valence-electron chi connectivity index (χ0n) is 14.0. The molecular weight excluding hydrogens is 427 g/mol. The summed E-state index contributed by atoms with van der Waals surface area (Å²) in [7, 11) is 1.79. The smallest absolute Gasteiger partial charge is 0.191 e. The molecule has 0 spiro atoms. The van der Waals surface area contributed by atoms with Crippen molar-refractivity contribution in [1.82, 2.24) is 25.2 Å². The molecule has 0 radical (unpaired) electrons. The second kappa shape index (κ2) is 7.81. The van der Waals surface area contributed by atoms with E-state index in [0.717, 1.165) is 23.9 Å². The van der Waals surface area contributed by atoms with Crippen LogP contribution in [0.15, 0.2) is 59.7 Å². The lowest BCUT2D eigenvalue weighted by Crippen LogP contribution is -2.38. The van der Waals surface area contributed by atoms with Crippen molar-refractivity contribution in [2.24, 2.45) is 4.99 Å². The molecule has 1 aromatic carbocycles. The molecule has 2 unspecified atom stereocenters. The predicted octanol–water partition coefficient (Wildman–Crippen LogP) is 2.57. The lowest BCUT2D eigenvalue weighted by molar-refractivity contribution is 0.753. The molecular formula is C18H21IN6. The fourth-order valence-corrected chi connectivity index (χ4v) is 2.97. The molecule has 25 heavy (non-hydrogen) atoms. The number of benzene rings is 1. The van der Waals surface area contributed by atoms with Crippen molar-refractivity contribution < 1.29 is 0 Å². The van der Waals surface area contributed by atoms with E-state index in [-0.39, 0.29) is 24.0 Å². The van der Waals surface area contributed by atoms with Gasteiger partial charge in [0.2, 0.25) is 0 Å².